The number of amides is 3. The van der Waals surface area contributed by atoms with E-state index in [0.29, 0.717) is 42.3 Å². The summed E-state index contributed by atoms with van der Waals surface area (Å²) in [5.41, 5.74) is 1.62. The van der Waals surface area contributed by atoms with E-state index in [2.05, 4.69) is 10.6 Å². The number of likely N-dealkylation sites (tertiary alicyclic amines) is 1. The largest absolute Gasteiger partial charge is 0.493 e. The van der Waals surface area contributed by atoms with E-state index in [1.807, 2.05) is 30.3 Å². The van der Waals surface area contributed by atoms with Gasteiger partial charge in [-0.3, -0.25) is 9.59 Å². The Morgan fingerprint density at radius 1 is 0.971 bits per heavy atom. The molecular weight excluding hydrogens is 438 g/mol. The predicted molar refractivity (Wildman–Crippen MR) is 127 cm³/mol. The van der Waals surface area contributed by atoms with Crippen LogP contribution in [0.3, 0.4) is 0 Å². The average Bonchev–Trinajstić information content (AvgIpc) is 3.40. The van der Waals surface area contributed by atoms with E-state index >= 15 is 0 Å². The Bertz CT molecular complexity index is 990. The Morgan fingerprint density at radius 3 is 2.32 bits per heavy atom. The molecule has 9 nitrogen and oxygen atoms in total. The molecule has 182 valence electrons. The fourth-order valence-corrected chi connectivity index (χ4v) is 3.68. The molecule has 0 aromatic heterocycles. The van der Waals surface area contributed by atoms with Gasteiger partial charge in [0.2, 0.25) is 5.91 Å². The van der Waals surface area contributed by atoms with Crippen molar-refractivity contribution in [1.29, 1.82) is 0 Å². The number of benzene rings is 2. The van der Waals surface area contributed by atoms with Crippen LogP contribution in [0.25, 0.3) is 0 Å². The van der Waals surface area contributed by atoms with Crippen molar-refractivity contribution in [1.82, 2.24) is 10.2 Å². The lowest BCUT2D eigenvalue weighted by Crippen LogP contribution is -2.29. The van der Waals surface area contributed by atoms with Crippen molar-refractivity contribution in [3.05, 3.63) is 53.6 Å². The van der Waals surface area contributed by atoms with Crippen LogP contribution in [0.4, 0.5) is 10.5 Å². The fourth-order valence-electron chi connectivity index (χ4n) is 3.68. The van der Waals surface area contributed by atoms with Crippen LogP contribution in [0.2, 0.25) is 0 Å². The van der Waals surface area contributed by atoms with Gasteiger partial charge in [0.25, 0.3) is 5.91 Å². The van der Waals surface area contributed by atoms with Crippen molar-refractivity contribution in [3.63, 3.8) is 0 Å². The van der Waals surface area contributed by atoms with Gasteiger partial charge in [-0.15, -0.1) is 0 Å². The first kappa shape index (κ1) is 24.9. The molecule has 0 spiro atoms. The van der Waals surface area contributed by atoms with Crippen molar-refractivity contribution in [2.75, 3.05) is 39.2 Å². The molecule has 1 aliphatic heterocycles. The number of alkyl carbamates (subject to hydrolysis) is 1. The van der Waals surface area contributed by atoms with Gasteiger partial charge in [0.1, 0.15) is 6.61 Å². The van der Waals surface area contributed by atoms with E-state index in [9.17, 15) is 14.4 Å². The molecule has 3 rings (SSSR count). The lowest BCUT2D eigenvalue weighted by Gasteiger charge is -2.20. The topological polar surface area (TPSA) is 106 Å². The van der Waals surface area contributed by atoms with Gasteiger partial charge in [-0.05, 0) is 30.9 Å². The summed E-state index contributed by atoms with van der Waals surface area (Å²) in [5.74, 6) is 0.401. The Morgan fingerprint density at radius 2 is 1.65 bits per heavy atom. The highest BCUT2D eigenvalue weighted by Gasteiger charge is 2.25. The Balaban J connectivity index is 1.52. The maximum absolute atomic E-state index is 13.0. The number of hydrogen-bond acceptors (Lipinski definition) is 6. The molecule has 0 radical (unpaired) electrons. The van der Waals surface area contributed by atoms with Gasteiger partial charge in [-0.2, -0.15) is 0 Å². The maximum atomic E-state index is 13.0. The van der Waals surface area contributed by atoms with E-state index in [1.54, 1.807) is 17.0 Å². The summed E-state index contributed by atoms with van der Waals surface area (Å²) in [7, 11) is 2.99. The van der Waals surface area contributed by atoms with Crippen LogP contribution in [-0.4, -0.2) is 56.7 Å². The molecule has 0 bridgehead atoms. The zero-order valence-electron chi connectivity index (χ0n) is 19.6. The molecule has 0 aliphatic carbocycles. The molecule has 1 aliphatic rings. The molecule has 1 fully saturated rings. The molecule has 2 aromatic carbocycles. The first-order valence-corrected chi connectivity index (χ1v) is 11.3. The smallest absolute Gasteiger partial charge is 0.407 e. The number of rotatable bonds is 10. The van der Waals surface area contributed by atoms with Gasteiger partial charge in [0.15, 0.2) is 11.5 Å². The van der Waals surface area contributed by atoms with Crippen molar-refractivity contribution in [3.8, 4) is 11.5 Å². The van der Waals surface area contributed by atoms with Crippen molar-refractivity contribution in [2.24, 2.45) is 0 Å². The third-order valence-electron chi connectivity index (χ3n) is 5.48. The number of hydrogen-bond donors (Lipinski definition) is 2. The van der Waals surface area contributed by atoms with Gasteiger partial charge in [0, 0.05) is 32.1 Å². The Labute approximate surface area is 199 Å². The summed E-state index contributed by atoms with van der Waals surface area (Å²) in [6, 6.07) is 12.6. The van der Waals surface area contributed by atoms with E-state index < -0.39 is 6.09 Å². The van der Waals surface area contributed by atoms with Crippen molar-refractivity contribution < 1.29 is 28.6 Å². The van der Waals surface area contributed by atoms with Crippen LogP contribution in [0, 0.1) is 0 Å². The quantitative estimate of drug-likeness (QED) is 0.515. The normalized spacial score (nSPS) is 12.7. The minimum absolute atomic E-state index is 0.156. The molecular formula is C25H31N3O6. The van der Waals surface area contributed by atoms with Gasteiger partial charge in [0.05, 0.1) is 25.5 Å². The zero-order chi connectivity index (χ0) is 24.3. The van der Waals surface area contributed by atoms with Crippen LogP contribution in [0.1, 0.15) is 41.6 Å². The minimum Gasteiger partial charge on any atom is -0.493 e. The average molecular weight is 470 g/mol. The van der Waals surface area contributed by atoms with Gasteiger partial charge < -0.3 is 29.7 Å². The van der Waals surface area contributed by atoms with Gasteiger partial charge in [-0.25, -0.2) is 4.79 Å². The monoisotopic (exact) mass is 469 g/mol. The lowest BCUT2D eigenvalue weighted by molar-refractivity contribution is -0.116. The molecule has 2 N–H and O–H groups in total. The molecule has 3 amide bonds. The van der Waals surface area contributed by atoms with E-state index in [-0.39, 0.29) is 31.4 Å². The number of anilines is 1. The Hall–Kier alpha value is -3.75. The second kappa shape index (κ2) is 12.5. The third-order valence-corrected chi connectivity index (χ3v) is 5.48. The number of carbonyl (C=O) groups is 3. The van der Waals surface area contributed by atoms with Crippen LogP contribution in [0.15, 0.2) is 42.5 Å². The van der Waals surface area contributed by atoms with Crippen LogP contribution < -0.4 is 20.1 Å². The van der Waals surface area contributed by atoms with Crippen LogP contribution >= 0.6 is 0 Å². The van der Waals surface area contributed by atoms with Gasteiger partial charge in [-0.1, -0.05) is 30.3 Å². The lowest BCUT2D eigenvalue weighted by atomic mass is 10.1. The summed E-state index contributed by atoms with van der Waals surface area (Å²) >= 11 is 0. The predicted octanol–water partition coefficient (Wildman–Crippen LogP) is 3.58. The summed E-state index contributed by atoms with van der Waals surface area (Å²) < 4.78 is 15.8. The fraction of sp³-hybridized carbons (Fsp3) is 0.400. The number of methoxy groups -OCH3 is 2. The first-order valence-electron chi connectivity index (χ1n) is 11.3. The SMILES string of the molecule is COc1cc(NC(=O)CCCNC(=O)OCc2ccccc2)c(C(=O)N2CCCC2)cc1OC. The molecule has 0 unspecified atom stereocenters. The third kappa shape index (κ3) is 6.87. The molecule has 0 saturated carbocycles. The molecule has 34 heavy (non-hydrogen) atoms. The standard InChI is InChI=1S/C25H31N3O6/c1-32-21-15-19(24(30)28-13-6-7-14-28)20(16-22(21)33-2)27-23(29)11-8-12-26-25(31)34-17-18-9-4-3-5-10-18/h3-5,9-10,15-16H,6-8,11-14,17H2,1-2H3,(H,26,31)(H,27,29). The highest BCUT2D eigenvalue weighted by molar-refractivity contribution is 6.04. The van der Waals surface area contributed by atoms with E-state index in [1.165, 1.54) is 14.2 Å². The second-order valence-electron chi connectivity index (χ2n) is 7.89. The summed E-state index contributed by atoms with van der Waals surface area (Å²) in [5, 5.41) is 5.44. The molecule has 1 saturated heterocycles. The van der Waals surface area contributed by atoms with Crippen LogP contribution in [0.5, 0.6) is 11.5 Å². The second-order valence-corrected chi connectivity index (χ2v) is 7.89. The molecule has 9 heteroatoms. The van der Waals surface area contributed by atoms with E-state index in [4.69, 9.17) is 14.2 Å². The summed E-state index contributed by atoms with van der Waals surface area (Å²) in [6.45, 7) is 1.84. The number of carbonyl (C=O) groups excluding carboxylic acids is 3. The first-order chi connectivity index (χ1) is 16.5. The maximum Gasteiger partial charge on any atom is 0.407 e. The van der Waals surface area contributed by atoms with Crippen molar-refractivity contribution >= 4 is 23.6 Å². The summed E-state index contributed by atoms with van der Waals surface area (Å²) in [4.78, 5) is 39.2. The number of nitrogens with one attached hydrogen (secondary N) is 2. The molecule has 2 aromatic rings. The zero-order valence-corrected chi connectivity index (χ0v) is 19.6. The Kier molecular flexibility index (Phi) is 9.13. The highest BCUT2D eigenvalue weighted by atomic mass is 16.5. The minimum atomic E-state index is -0.539. The van der Waals surface area contributed by atoms with Crippen LogP contribution in [-0.2, 0) is 16.1 Å². The number of ether oxygens (including phenoxy) is 3. The van der Waals surface area contributed by atoms with Gasteiger partial charge >= 0.3 is 6.09 Å². The summed E-state index contributed by atoms with van der Waals surface area (Å²) in [6.07, 6.45) is 1.95. The van der Waals surface area contributed by atoms with E-state index in [0.717, 1.165) is 18.4 Å². The highest BCUT2D eigenvalue weighted by Crippen LogP contribution is 2.34. The number of nitrogens with zero attached hydrogens (tertiary/aromatic N) is 1. The molecule has 0 atom stereocenters. The molecule has 1 heterocycles. The van der Waals surface area contributed by atoms with Crippen molar-refractivity contribution in [2.45, 2.75) is 32.3 Å².